The van der Waals surface area contributed by atoms with Gasteiger partial charge >= 0.3 is 0 Å². The first-order valence-electron chi connectivity index (χ1n) is 7.54. The number of nitrogens with one attached hydrogen (secondary N) is 1. The molecule has 0 bridgehead atoms. The van der Waals surface area contributed by atoms with Gasteiger partial charge in [-0.05, 0) is 31.0 Å². The summed E-state index contributed by atoms with van der Waals surface area (Å²) in [6.45, 7) is 4.70. The summed E-state index contributed by atoms with van der Waals surface area (Å²) in [6.07, 6.45) is 0. The lowest BCUT2D eigenvalue weighted by Crippen LogP contribution is -2.28. The van der Waals surface area contributed by atoms with Crippen LogP contribution in [0.4, 0.5) is 5.69 Å². The summed E-state index contributed by atoms with van der Waals surface area (Å²) in [5.74, 6) is 0.934. The minimum atomic E-state index is -0.293. The number of halogens is 2. The third-order valence-corrected chi connectivity index (χ3v) is 3.93. The monoisotopic (exact) mass is 384 g/mol. The Kier molecular flexibility index (Phi) is 7.87. The SMILES string of the molecule is COc1cc(N)c(Cl)cc1C(=O)NCCOc1c(C)cccc1C.Cl. The lowest BCUT2D eigenvalue weighted by atomic mass is 10.1. The normalized spacial score (nSPS) is 9.92. The molecule has 2 aromatic rings. The highest BCUT2D eigenvalue weighted by molar-refractivity contribution is 6.33. The molecular weight excluding hydrogens is 363 g/mol. The van der Waals surface area contributed by atoms with Gasteiger partial charge in [0.2, 0.25) is 0 Å². The van der Waals surface area contributed by atoms with Crippen LogP contribution in [0, 0.1) is 13.8 Å². The Morgan fingerprint density at radius 2 is 1.88 bits per heavy atom. The number of hydrogen-bond acceptors (Lipinski definition) is 4. The van der Waals surface area contributed by atoms with Gasteiger partial charge in [0.1, 0.15) is 18.1 Å². The van der Waals surface area contributed by atoms with Crippen molar-refractivity contribution in [3.05, 3.63) is 52.0 Å². The number of anilines is 1. The van der Waals surface area contributed by atoms with Crippen molar-refractivity contribution >= 4 is 35.6 Å². The highest BCUT2D eigenvalue weighted by Gasteiger charge is 2.14. The van der Waals surface area contributed by atoms with E-state index >= 15 is 0 Å². The first-order valence-corrected chi connectivity index (χ1v) is 7.92. The molecule has 136 valence electrons. The Bertz CT molecular complexity index is 731. The van der Waals surface area contributed by atoms with Gasteiger partial charge in [0.05, 0.1) is 29.9 Å². The van der Waals surface area contributed by atoms with Gasteiger partial charge in [-0.25, -0.2) is 0 Å². The number of ether oxygens (including phenoxy) is 2. The zero-order valence-corrected chi connectivity index (χ0v) is 16.0. The molecule has 0 heterocycles. The molecule has 0 radical (unpaired) electrons. The van der Waals surface area contributed by atoms with E-state index in [1.165, 1.54) is 19.2 Å². The Balaban J connectivity index is 0.00000312. The molecule has 0 aliphatic heterocycles. The summed E-state index contributed by atoms with van der Waals surface area (Å²) in [6, 6.07) is 8.99. The van der Waals surface area contributed by atoms with Gasteiger partial charge in [-0.3, -0.25) is 4.79 Å². The molecule has 1 amide bonds. The van der Waals surface area contributed by atoms with E-state index in [0.717, 1.165) is 16.9 Å². The molecule has 25 heavy (non-hydrogen) atoms. The van der Waals surface area contributed by atoms with E-state index < -0.39 is 0 Å². The van der Waals surface area contributed by atoms with Crippen molar-refractivity contribution in [1.29, 1.82) is 0 Å². The molecule has 0 aliphatic carbocycles. The van der Waals surface area contributed by atoms with Gasteiger partial charge in [0, 0.05) is 6.07 Å². The molecule has 7 heteroatoms. The maximum absolute atomic E-state index is 12.3. The third-order valence-electron chi connectivity index (χ3n) is 3.61. The fraction of sp³-hybridized carbons (Fsp3) is 0.278. The number of nitrogen functional groups attached to an aromatic ring is 1. The molecule has 2 aromatic carbocycles. The van der Waals surface area contributed by atoms with E-state index in [0.29, 0.717) is 35.2 Å². The van der Waals surface area contributed by atoms with Crippen LogP contribution in [0.1, 0.15) is 21.5 Å². The standard InChI is InChI=1S/C18H21ClN2O3.ClH/c1-11-5-4-6-12(2)17(11)24-8-7-21-18(22)13-9-14(19)15(20)10-16(13)23-3;/h4-6,9-10H,7-8,20H2,1-3H3,(H,21,22);1H. The predicted octanol–water partition coefficient (Wildman–Crippen LogP) is 3.78. The van der Waals surface area contributed by atoms with Crippen LogP contribution in [0.2, 0.25) is 5.02 Å². The van der Waals surface area contributed by atoms with E-state index in [-0.39, 0.29) is 18.3 Å². The van der Waals surface area contributed by atoms with E-state index in [9.17, 15) is 4.79 Å². The molecule has 0 spiro atoms. The molecule has 2 rings (SSSR count). The summed E-state index contributed by atoms with van der Waals surface area (Å²) in [5.41, 5.74) is 8.54. The molecule has 0 fully saturated rings. The van der Waals surface area contributed by atoms with Crippen LogP contribution < -0.4 is 20.5 Å². The van der Waals surface area contributed by atoms with Crippen LogP contribution in [0.3, 0.4) is 0 Å². The summed E-state index contributed by atoms with van der Waals surface area (Å²) in [5, 5.41) is 3.10. The van der Waals surface area contributed by atoms with Gasteiger partial charge in [-0.2, -0.15) is 0 Å². The van der Waals surface area contributed by atoms with Crippen LogP contribution in [0.15, 0.2) is 30.3 Å². The predicted molar refractivity (Wildman–Crippen MR) is 103 cm³/mol. The summed E-state index contributed by atoms with van der Waals surface area (Å²) in [4.78, 5) is 12.3. The van der Waals surface area contributed by atoms with Crippen LogP contribution in [-0.2, 0) is 0 Å². The van der Waals surface area contributed by atoms with Crippen LogP contribution >= 0.6 is 24.0 Å². The second kappa shape index (κ2) is 9.39. The van der Waals surface area contributed by atoms with Gasteiger partial charge in [-0.1, -0.05) is 29.8 Å². The number of nitrogens with two attached hydrogens (primary N) is 1. The molecule has 0 saturated heterocycles. The first-order chi connectivity index (χ1) is 11.4. The van der Waals surface area contributed by atoms with Crippen molar-refractivity contribution < 1.29 is 14.3 Å². The van der Waals surface area contributed by atoms with Crippen LogP contribution in [0.25, 0.3) is 0 Å². The molecule has 3 N–H and O–H groups in total. The van der Waals surface area contributed by atoms with Crippen LogP contribution in [-0.4, -0.2) is 26.2 Å². The highest BCUT2D eigenvalue weighted by Crippen LogP contribution is 2.28. The smallest absolute Gasteiger partial charge is 0.255 e. The lowest BCUT2D eigenvalue weighted by Gasteiger charge is -2.13. The van der Waals surface area contributed by atoms with E-state index in [4.69, 9.17) is 26.8 Å². The first kappa shape index (κ1) is 20.9. The van der Waals surface area contributed by atoms with Crippen molar-refractivity contribution in [3.8, 4) is 11.5 Å². The summed E-state index contributed by atoms with van der Waals surface area (Å²) >= 11 is 5.98. The molecule has 0 atom stereocenters. The van der Waals surface area contributed by atoms with Crippen molar-refractivity contribution in [2.75, 3.05) is 26.0 Å². The molecular formula is C18H22Cl2N2O3. The van der Waals surface area contributed by atoms with Crippen molar-refractivity contribution in [3.63, 3.8) is 0 Å². The maximum Gasteiger partial charge on any atom is 0.255 e. The Morgan fingerprint density at radius 1 is 1.24 bits per heavy atom. The third kappa shape index (κ3) is 5.18. The van der Waals surface area contributed by atoms with Crippen molar-refractivity contribution in [2.45, 2.75) is 13.8 Å². The van der Waals surface area contributed by atoms with Gasteiger partial charge in [0.25, 0.3) is 5.91 Å². The maximum atomic E-state index is 12.3. The number of amides is 1. The zero-order valence-electron chi connectivity index (χ0n) is 14.4. The fourth-order valence-corrected chi connectivity index (χ4v) is 2.52. The molecule has 0 aromatic heterocycles. The minimum absolute atomic E-state index is 0. The molecule has 0 unspecified atom stereocenters. The number of carbonyl (C=O) groups is 1. The lowest BCUT2D eigenvalue weighted by molar-refractivity contribution is 0.0944. The van der Waals surface area contributed by atoms with E-state index in [1.54, 1.807) is 0 Å². The average Bonchev–Trinajstić information content (AvgIpc) is 2.55. The Hall–Kier alpha value is -2.11. The molecule has 5 nitrogen and oxygen atoms in total. The van der Waals surface area contributed by atoms with Gasteiger partial charge < -0.3 is 20.5 Å². The van der Waals surface area contributed by atoms with Crippen molar-refractivity contribution in [1.82, 2.24) is 5.32 Å². The highest BCUT2D eigenvalue weighted by atomic mass is 35.5. The second-order valence-corrected chi connectivity index (χ2v) is 5.81. The Morgan fingerprint density at radius 3 is 2.48 bits per heavy atom. The number of hydrogen-bond donors (Lipinski definition) is 2. The number of benzene rings is 2. The molecule has 0 saturated carbocycles. The number of methoxy groups -OCH3 is 1. The topological polar surface area (TPSA) is 73.6 Å². The minimum Gasteiger partial charge on any atom is -0.496 e. The summed E-state index contributed by atoms with van der Waals surface area (Å²) < 4.78 is 10.9. The quantitative estimate of drug-likeness (QED) is 0.586. The molecule has 0 aliphatic rings. The largest absolute Gasteiger partial charge is 0.496 e. The average molecular weight is 385 g/mol. The number of carbonyl (C=O) groups excluding carboxylic acids is 1. The van der Waals surface area contributed by atoms with Crippen molar-refractivity contribution in [2.24, 2.45) is 0 Å². The second-order valence-electron chi connectivity index (χ2n) is 5.40. The Labute approximate surface area is 158 Å². The van der Waals surface area contributed by atoms with Gasteiger partial charge in [0.15, 0.2) is 0 Å². The van der Waals surface area contributed by atoms with Gasteiger partial charge in [-0.15, -0.1) is 12.4 Å². The fourth-order valence-electron chi connectivity index (χ4n) is 2.36. The summed E-state index contributed by atoms with van der Waals surface area (Å²) in [7, 11) is 1.48. The van der Waals surface area contributed by atoms with E-state index in [1.807, 2.05) is 32.0 Å². The van der Waals surface area contributed by atoms with Crippen LogP contribution in [0.5, 0.6) is 11.5 Å². The number of rotatable bonds is 6. The number of aryl methyl sites for hydroxylation is 2. The number of para-hydroxylation sites is 1. The van der Waals surface area contributed by atoms with E-state index in [2.05, 4.69) is 5.32 Å². The zero-order chi connectivity index (χ0) is 17.7.